The van der Waals surface area contributed by atoms with Gasteiger partial charge in [0.15, 0.2) is 0 Å². The molecular weight excluding hydrogens is 124 g/mol. The minimum atomic E-state index is 0.733. The van der Waals surface area contributed by atoms with Gasteiger partial charge in [0.05, 0.1) is 0 Å². The third kappa shape index (κ3) is 26.2. The van der Waals surface area contributed by atoms with E-state index in [0.717, 1.165) is 32.0 Å². The summed E-state index contributed by atoms with van der Waals surface area (Å²) in [5.74, 6) is 0. The van der Waals surface area contributed by atoms with Crippen LogP contribution in [0.2, 0.25) is 0 Å². The van der Waals surface area contributed by atoms with Crippen molar-refractivity contribution in [2.24, 2.45) is 0 Å². The van der Waals surface area contributed by atoms with E-state index < -0.39 is 0 Å². The highest BCUT2D eigenvalue weighted by molar-refractivity contribution is 5.48. The predicted molar refractivity (Wildman–Crippen MR) is 46.1 cm³/mol. The van der Waals surface area contributed by atoms with E-state index in [4.69, 9.17) is 0 Å². The van der Waals surface area contributed by atoms with E-state index >= 15 is 0 Å². The number of aldehydes is 1. The Morgan fingerprint density at radius 1 is 1.40 bits per heavy atom. The molecule has 0 N–H and O–H groups in total. The van der Waals surface area contributed by atoms with Crippen molar-refractivity contribution < 1.29 is 4.79 Å². The summed E-state index contributed by atoms with van der Waals surface area (Å²) < 4.78 is 0. The number of rotatable bonds is 4. The minimum absolute atomic E-state index is 0.733. The molecule has 0 aromatic heterocycles. The fraction of sp³-hybridized carbons (Fsp3) is 0.667. The van der Waals surface area contributed by atoms with Gasteiger partial charge in [-0.25, -0.2) is 0 Å². The van der Waals surface area contributed by atoms with E-state index in [1.165, 1.54) is 0 Å². The second-order valence-corrected chi connectivity index (χ2v) is 2.01. The highest BCUT2D eigenvalue weighted by Gasteiger charge is 1.74. The van der Waals surface area contributed by atoms with Gasteiger partial charge in [-0.3, -0.25) is 0 Å². The van der Waals surface area contributed by atoms with Gasteiger partial charge >= 0.3 is 0 Å². The van der Waals surface area contributed by atoms with Crippen LogP contribution < -0.4 is 0 Å². The summed E-state index contributed by atoms with van der Waals surface area (Å²) in [6, 6.07) is 0. The number of allylic oxidation sites excluding steroid dienone is 1. The molecule has 10 heavy (non-hydrogen) atoms. The topological polar surface area (TPSA) is 17.1 Å². The van der Waals surface area contributed by atoms with E-state index in [1.54, 1.807) is 0 Å². The first-order chi connectivity index (χ1) is 4.83. The first kappa shape index (κ1) is 12.1. The van der Waals surface area contributed by atoms with E-state index in [9.17, 15) is 4.79 Å². The van der Waals surface area contributed by atoms with Crippen LogP contribution in [0.3, 0.4) is 0 Å². The lowest BCUT2D eigenvalue weighted by molar-refractivity contribution is -0.107. The van der Waals surface area contributed by atoms with Crippen LogP contribution in [-0.4, -0.2) is 6.29 Å². The molecule has 0 rings (SSSR count). The van der Waals surface area contributed by atoms with Crippen molar-refractivity contribution in [2.75, 3.05) is 0 Å². The molecule has 0 bridgehead atoms. The monoisotopic (exact) mass is 142 g/mol. The summed E-state index contributed by atoms with van der Waals surface area (Å²) >= 11 is 0. The second kappa shape index (κ2) is 15.8. The van der Waals surface area contributed by atoms with Crippen LogP contribution in [0.4, 0.5) is 0 Å². The van der Waals surface area contributed by atoms with Crippen molar-refractivity contribution in [2.45, 2.75) is 39.5 Å². The standard InChI is InChI=1S/C5H10O.C4H8/c1-2-3-4-5-6;1-3-4-2/h5H,2-4H2,1H3;3H,1,4H2,2H3. The first-order valence-corrected chi connectivity index (χ1v) is 3.87. The molecule has 0 aromatic rings. The molecule has 0 spiro atoms. The highest BCUT2D eigenvalue weighted by atomic mass is 16.1. The molecule has 0 fully saturated rings. The summed E-state index contributed by atoms with van der Waals surface area (Å²) in [6.45, 7) is 7.61. The molecule has 0 heterocycles. The predicted octanol–water partition coefficient (Wildman–Crippen LogP) is 2.96. The van der Waals surface area contributed by atoms with E-state index in [1.807, 2.05) is 6.08 Å². The van der Waals surface area contributed by atoms with Gasteiger partial charge in [-0.05, 0) is 12.8 Å². The van der Waals surface area contributed by atoms with Gasteiger partial charge in [-0.15, -0.1) is 6.58 Å². The molecule has 60 valence electrons. The van der Waals surface area contributed by atoms with Gasteiger partial charge in [0.2, 0.25) is 0 Å². The van der Waals surface area contributed by atoms with Crippen LogP contribution in [0, 0.1) is 0 Å². The third-order valence-electron chi connectivity index (χ3n) is 0.964. The number of hydrogen-bond donors (Lipinski definition) is 0. The molecule has 0 aliphatic rings. The summed E-state index contributed by atoms with van der Waals surface area (Å²) in [5, 5.41) is 0. The minimum Gasteiger partial charge on any atom is -0.303 e. The fourth-order valence-electron chi connectivity index (χ4n) is 0.287. The lowest BCUT2D eigenvalue weighted by Crippen LogP contribution is -1.70. The van der Waals surface area contributed by atoms with Crippen molar-refractivity contribution >= 4 is 6.29 Å². The Balaban J connectivity index is 0. The molecule has 0 aliphatic carbocycles. The van der Waals surface area contributed by atoms with Gasteiger partial charge in [-0.2, -0.15) is 0 Å². The summed E-state index contributed by atoms with van der Waals surface area (Å²) in [7, 11) is 0. The largest absolute Gasteiger partial charge is 0.303 e. The average Bonchev–Trinajstić information content (AvgIpc) is 2.01. The molecule has 1 nitrogen and oxygen atoms in total. The van der Waals surface area contributed by atoms with Crippen LogP contribution in [0.1, 0.15) is 39.5 Å². The number of hydrogen-bond acceptors (Lipinski definition) is 1. The zero-order valence-corrected chi connectivity index (χ0v) is 7.10. The molecule has 0 atom stereocenters. The van der Waals surface area contributed by atoms with Crippen LogP contribution in [-0.2, 0) is 4.79 Å². The molecule has 0 saturated carbocycles. The van der Waals surface area contributed by atoms with Crippen molar-refractivity contribution in [3.8, 4) is 0 Å². The van der Waals surface area contributed by atoms with Crippen LogP contribution in [0.5, 0.6) is 0 Å². The normalized spacial score (nSPS) is 7.40. The van der Waals surface area contributed by atoms with Crippen molar-refractivity contribution in [1.29, 1.82) is 0 Å². The Kier molecular flexibility index (Phi) is 19.1. The van der Waals surface area contributed by atoms with Gasteiger partial charge in [0, 0.05) is 6.42 Å². The number of carbonyl (C=O) groups is 1. The average molecular weight is 142 g/mol. The zero-order chi connectivity index (χ0) is 8.24. The van der Waals surface area contributed by atoms with Gasteiger partial charge in [0.25, 0.3) is 0 Å². The van der Waals surface area contributed by atoms with Gasteiger partial charge < -0.3 is 4.79 Å². The van der Waals surface area contributed by atoms with Crippen LogP contribution in [0.25, 0.3) is 0 Å². The molecule has 0 amide bonds. The maximum atomic E-state index is 9.56. The molecule has 0 unspecified atom stereocenters. The lowest BCUT2D eigenvalue weighted by Gasteiger charge is -1.79. The third-order valence-corrected chi connectivity index (χ3v) is 0.964. The summed E-state index contributed by atoms with van der Waals surface area (Å²) in [4.78, 5) is 9.56. The molecule has 0 aliphatic heterocycles. The Morgan fingerprint density at radius 3 is 2.00 bits per heavy atom. The molecule has 0 radical (unpaired) electrons. The zero-order valence-electron chi connectivity index (χ0n) is 7.10. The van der Waals surface area contributed by atoms with E-state index in [2.05, 4.69) is 20.4 Å². The fourth-order valence-corrected chi connectivity index (χ4v) is 0.287. The van der Waals surface area contributed by atoms with E-state index in [-0.39, 0.29) is 0 Å². The number of carbonyl (C=O) groups excluding carboxylic acids is 1. The summed E-state index contributed by atoms with van der Waals surface area (Å²) in [5.41, 5.74) is 0. The molecular formula is C9H18O. The Labute approximate surface area is 64.1 Å². The molecule has 0 aromatic carbocycles. The van der Waals surface area contributed by atoms with Crippen LogP contribution >= 0.6 is 0 Å². The van der Waals surface area contributed by atoms with Gasteiger partial charge in [-0.1, -0.05) is 26.3 Å². The molecule has 1 heteroatoms. The van der Waals surface area contributed by atoms with Gasteiger partial charge in [0.1, 0.15) is 6.29 Å². The van der Waals surface area contributed by atoms with Crippen molar-refractivity contribution in [1.82, 2.24) is 0 Å². The Hall–Kier alpha value is -0.590. The van der Waals surface area contributed by atoms with E-state index in [0.29, 0.717) is 0 Å². The maximum absolute atomic E-state index is 9.56. The van der Waals surface area contributed by atoms with Crippen molar-refractivity contribution in [3.63, 3.8) is 0 Å². The first-order valence-electron chi connectivity index (χ1n) is 3.87. The smallest absolute Gasteiger partial charge is 0.119 e. The lowest BCUT2D eigenvalue weighted by atomic mass is 10.3. The Bertz CT molecular complexity index is 67.1. The second-order valence-electron chi connectivity index (χ2n) is 2.01. The highest BCUT2D eigenvalue weighted by Crippen LogP contribution is 1.87. The summed E-state index contributed by atoms with van der Waals surface area (Å²) in [6.07, 6.45) is 6.82. The Morgan fingerprint density at radius 2 is 1.90 bits per heavy atom. The maximum Gasteiger partial charge on any atom is 0.119 e. The molecule has 0 saturated heterocycles. The van der Waals surface area contributed by atoms with Crippen molar-refractivity contribution in [3.05, 3.63) is 12.7 Å². The van der Waals surface area contributed by atoms with Crippen LogP contribution in [0.15, 0.2) is 12.7 Å². The number of unbranched alkanes of at least 4 members (excludes halogenated alkanes) is 2. The quantitative estimate of drug-likeness (QED) is 0.335. The SMILES string of the molecule is C=CCC.CCCCC=O.